The van der Waals surface area contributed by atoms with Crippen molar-refractivity contribution in [3.63, 3.8) is 0 Å². The lowest BCUT2D eigenvalue weighted by Crippen LogP contribution is -2.18. The van der Waals surface area contributed by atoms with E-state index in [1.807, 2.05) is 0 Å². The molecule has 0 aliphatic carbocycles. The van der Waals surface area contributed by atoms with E-state index in [0.717, 1.165) is 6.07 Å². The molecule has 0 bridgehead atoms. The van der Waals surface area contributed by atoms with E-state index >= 15 is 0 Å². The second-order valence-corrected chi connectivity index (χ2v) is 4.95. The molecule has 0 aliphatic heterocycles. The van der Waals surface area contributed by atoms with Gasteiger partial charge in [-0.2, -0.15) is 0 Å². The average molecular weight is 264 g/mol. The molecule has 0 radical (unpaired) electrons. The first kappa shape index (κ1) is 13.1. The highest BCUT2D eigenvalue weighted by molar-refractivity contribution is 7.89. The fourth-order valence-corrected chi connectivity index (χ4v) is 1.75. The molecule has 1 rings (SSSR count). The fourth-order valence-electron chi connectivity index (χ4n) is 1.06. The Bertz CT molecular complexity index is 500. The lowest BCUT2D eigenvalue weighted by atomic mass is 10.1. The van der Waals surface area contributed by atoms with Crippen molar-refractivity contribution < 1.29 is 17.9 Å². The molecule has 0 fully saturated rings. The topological polar surface area (TPSA) is 86.5 Å². The molecule has 1 unspecified atom stereocenters. The number of methoxy groups -OCH3 is 1. The number of ketones is 1. The number of sulfonamides is 1. The molecule has 1 aromatic carbocycles. The SMILES string of the molecule is COC(Cl)C(=O)c1cccc(S(N)(=O)=O)c1. The monoisotopic (exact) mass is 263 g/mol. The van der Waals surface area contributed by atoms with Crippen molar-refractivity contribution in [2.24, 2.45) is 5.14 Å². The van der Waals surface area contributed by atoms with Crippen LogP contribution in [0.15, 0.2) is 29.2 Å². The van der Waals surface area contributed by atoms with Crippen LogP contribution in [0.5, 0.6) is 0 Å². The van der Waals surface area contributed by atoms with E-state index < -0.39 is 21.4 Å². The first-order valence-electron chi connectivity index (χ1n) is 4.20. The van der Waals surface area contributed by atoms with Crippen LogP contribution in [0, 0.1) is 0 Å². The minimum atomic E-state index is -3.83. The number of benzene rings is 1. The summed E-state index contributed by atoms with van der Waals surface area (Å²) in [6.07, 6.45) is 0. The number of alkyl halides is 1. The summed E-state index contributed by atoms with van der Waals surface area (Å²) in [6.45, 7) is 0. The number of carbonyl (C=O) groups is 1. The molecule has 16 heavy (non-hydrogen) atoms. The molecule has 0 saturated carbocycles. The number of Topliss-reactive ketones (excluding diaryl/α,β-unsaturated/α-hetero) is 1. The van der Waals surface area contributed by atoms with Crippen molar-refractivity contribution in [2.75, 3.05) is 7.11 Å². The predicted octanol–water partition coefficient (Wildman–Crippen LogP) is 0.728. The maximum atomic E-state index is 11.6. The Hall–Kier alpha value is -0.950. The lowest BCUT2D eigenvalue weighted by molar-refractivity contribution is 0.0781. The van der Waals surface area contributed by atoms with Crippen molar-refractivity contribution in [2.45, 2.75) is 10.5 Å². The third-order valence-electron chi connectivity index (χ3n) is 1.86. The molecule has 1 aromatic rings. The van der Waals surface area contributed by atoms with Crippen LogP contribution >= 0.6 is 11.6 Å². The highest BCUT2D eigenvalue weighted by atomic mass is 35.5. The minimum absolute atomic E-state index is 0.133. The number of primary sulfonamides is 1. The number of hydrogen-bond acceptors (Lipinski definition) is 4. The largest absolute Gasteiger partial charge is 0.358 e. The molecule has 7 heteroatoms. The van der Waals surface area contributed by atoms with Gasteiger partial charge in [0.25, 0.3) is 0 Å². The Labute approximate surface area is 98.2 Å². The molecular weight excluding hydrogens is 254 g/mol. The van der Waals surface area contributed by atoms with Crippen molar-refractivity contribution in [3.05, 3.63) is 29.8 Å². The van der Waals surface area contributed by atoms with Crippen molar-refractivity contribution in [3.8, 4) is 0 Å². The summed E-state index contributed by atoms with van der Waals surface area (Å²) in [5, 5.41) is 4.93. The van der Waals surface area contributed by atoms with Crippen LogP contribution in [0.1, 0.15) is 10.4 Å². The highest BCUT2D eigenvalue weighted by Crippen LogP contribution is 2.13. The van der Waals surface area contributed by atoms with E-state index in [9.17, 15) is 13.2 Å². The standard InChI is InChI=1S/C9H10ClNO4S/c1-15-9(10)8(12)6-3-2-4-7(5-6)16(11,13)14/h2-5,9H,1H3,(H2,11,13,14). The maximum absolute atomic E-state index is 11.6. The van der Waals surface area contributed by atoms with Crippen molar-refractivity contribution in [1.82, 2.24) is 0 Å². The molecule has 0 heterocycles. The van der Waals surface area contributed by atoms with Gasteiger partial charge in [0.1, 0.15) is 0 Å². The summed E-state index contributed by atoms with van der Waals surface area (Å²) in [4.78, 5) is 11.4. The zero-order valence-electron chi connectivity index (χ0n) is 8.38. The van der Waals surface area contributed by atoms with Gasteiger partial charge in [0.15, 0.2) is 5.56 Å². The van der Waals surface area contributed by atoms with Gasteiger partial charge in [-0.1, -0.05) is 23.7 Å². The van der Waals surface area contributed by atoms with E-state index in [2.05, 4.69) is 4.74 Å². The van der Waals surface area contributed by atoms with Gasteiger partial charge in [0.2, 0.25) is 15.8 Å². The van der Waals surface area contributed by atoms with Crippen molar-refractivity contribution >= 4 is 27.4 Å². The molecule has 0 aliphatic rings. The predicted molar refractivity (Wildman–Crippen MR) is 58.8 cm³/mol. The molecular formula is C9H10ClNO4S. The zero-order chi connectivity index (χ0) is 12.3. The lowest BCUT2D eigenvalue weighted by Gasteiger charge is -2.07. The van der Waals surface area contributed by atoms with E-state index in [1.54, 1.807) is 0 Å². The first-order chi connectivity index (χ1) is 7.36. The number of ether oxygens (including phenoxy) is 1. The van der Waals surface area contributed by atoms with E-state index in [-0.39, 0.29) is 10.5 Å². The Kier molecular flexibility index (Phi) is 4.03. The van der Waals surface area contributed by atoms with Gasteiger partial charge >= 0.3 is 0 Å². The highest BCUT2D eigenvalue weighted by Gasteiger charge is 2.18. The van der Waals surface area contributed by atoms with Crippen LogP contribution in [-0.4, -0.2) is 26.9 Å². The van der Waals surface area contributed by atoms with Gasteiger partial charge in [0.05, 0.1) is 4.90 Å². The molecule has 1 atom stereocenters. The summed E-state index contributed by atoms with van der Waals surface area (Å²) < 4.78 is 26.7. The number of carbonyl (C=O) groups excluding carboxylic acids is 1. The van der Waals surface area contributed by atoms with Gasteiger partial charge in [0, 0.05) is 12.7 Å². The smallest absolute Gasteiger partial charge is 0.238 e. The third kappa shape index (κ3) is 3.02. The summed E-state index contributed by atoms with van der Waals surface area (Å²) >= 11 is 5.56. The summed E-state index contributed by atoms with van der Waals surface area (Å²) in [5.41, 5.74) is -1.01. The third-order valence-corrected chi connectivity index (χ3v) is 3.15. The average Bonchev–Trinajstić information content (AvgIpc) is 2.26. The van der Waals surface area contributed by atoms with Gasteiger partial charge < -0.3 is 4.74 Å². The van der Waals surface area contributed by atoms with E-state index in [4.69, 9.17) is 16.7 Å². The van der Waals surface area contributed by atoms with E-state index in [0.29, 0.717) is 0 Å². The quantitative estimate of drug-likeness (QED) is 0.641. The number of hydrogen-bond donors (Lipinski definition) is 1. The molecule has 88 valence electrons. The molecule has 0 amide bonds. The summed E-state index contributed by atoms with van der Waals surface area (Å²) in [5.74, 6) is -0.519. The maximum Gasteiger partial charge on any atom is 0.238 e. The zero-order valence-corrected chi connectivity index (χ0v) is 9.96. The summed E-state index contributed by atoms with van der Waals surface area (Å²) in [7, 11) is -2.55. The number of rotatable bonds is 4. The fraction of sp³-hybridized carbons (Fsp3) is 0.222. The van der Waals surface area contributed by atoms with Crippen LogP contribution in [-0.2, 0) is 14.8 Å². The van der Waals surface area contributed by atoms with Gasteiger partial charge in [-0.05, 0) is 12.1 Å². The number of halogens is 1. The van der Waals surface area contributed by atoms with Crippen LogP contribution in [0.3, 0.4) is 0 Å². The summed E-state index contributed by atoms with van der Waals surface area (Å²) in [6, 6.07) is 5.30. The number of nitrogens with two attached hydrogens (primary N) is 1. The van der Waals surface area contributed by atoms with Crippen LogP contribution < -0.4 is 5.14 Å². The van der Waals surface area contributed by atoms with Crippen LogP contribution in [0.2, 0.25) is 0 Å². The van der Waals surface area contributed by atoms with Gasteiger partial charge in [-0.3, -0.25) is 4.79 Å². The van der Waals surface area contributed by atoms with Gasteiger partial charge in [-0.25, -0.2) is 13.6 Å². The molecule has 0 spiro atoms. The van der Waals surface area contributed by atoms with Crippen LogP contribution in [0.25, 0.3) is 0 Å². The van der Waals surface area contributed by atoms with Gasteiger partial charge in [-0.15, -0.1) is 0 Å². The van der Waals surface area contributed by atoms with Crippen molar-refractivity contribution in [1.29, 1.82) is 0 Å². The Balaban J connectivity index is 3.14. The Morgan fingerprint density at radius 1 is 1.50 bits per heavy atom. The normalized spacial score (nSPS) is 13.4. The molecule has 2 N–H and O–H groups in total. The second-order valence-electron chi connectivity index (χ2n) is 2.99. The Morgan fingerprint density at radius 2 is 2.12 bits per heavy atom. The van der Waals surface area contributed by atoms with Crippen LogP contribution in [0.4, 0.5) is 0 Å². The Morgan fingerprint density at radius 3 is 2.62 bits per heavy atom. The molecule has 0 aromatic heterocycles. The first-order valence-corrected chi connectivity index (χ1v) is 6.18. The molecule has 5 nitrogen and oxygen atoms in total. The second kappa shape index (κ2) is 4.92. The minimum Gasteiger partial charge on any atom is -0.358 e. The molecule has 0 saturated heterocycles. The van der Waals surface area contributed by atoms with E-state index in [1.165, 1.54) is 25.3 Å².